The number of rotatable bonds is 3. The zero-order chi connectivity index (χ0) is 13.5. The van der Waals surface area contributed by atoms with E-state index in [1.54, 1.807) is 6.33 Å². The lowest BCUT2D eigenvalue weighted by Crippen LogP contribution is -2.31. The number of anilines is 1. The van der Waals surface area contributed by atoms with Gasteiger partial charge in [-0.1, -0.05) is 27.2 Å². The largest absolute Gasteiger partial charge is 0.366 e. The highest BCUT2D eigenvalue weighted by atomic mass is 15.1. The van der Waals surface area contributed by atoms with Crippen molar-refractivity contribution in [3.8, 4) is 0 Å². The van der Waals surface area contributed by atoms with E-state index in [2.05, 4.69) is 41.0 Å². The lowest BCUT2D eigenvalue weighted by atomic mass is 9.87. The highest BCUT2D eigenvalue weighted by Crippen LogP contribution is 2.39. The first-order chi connectivity index (χ1) is 9.12. The van der Waals surface area contributed by atoms with Crippen LogP contribution in [0.15, 0.2) is 12.5 Å². The van der Waals surface area contributed by atoms with Gasteiger partial charge in [0.2, 0.25) is 0 Å². The maximum atomic E-state index is 4.47. The molecule has 2 aromatic heterocycles. The molecule has 0 radical (unpaired) electrons. The molecular formula is C15H22N4. The second-order valence-corrected chi connectivity index (χ2v) is 6.19. The Bertz CT molecular complexity index is 585. The molecule has 0 aromatic carbocycles. The monoisotopic (exact) mass is 258 g/mol. The Kier molecular flexibility index (Phi) is 2.96. The number of H-pyrrole nitrogens is 1. The molecule has 1 saturated carbocycles. The van der Waals surface area contributed by atoms with Crippen LogP contribution in [-0.4, -0.2) is 21.0 Å². The van der Waals surface area contributed by atoms with Gasteiger partial charge in [-0.2, -0.15) is 0 Å². The quantitative estimate of drug-likeness (QED) is 0.885. The predicted molar refractivity (Wildman–Crippen MR) is 78.3 cm³/mol. The van der Waals surface area contributed by atoms with Crippen LogP contribution in [0.5, 0.6) is 0 Å². The van der Waals surface area contributed by atoms with Gasteiger partial charge in [0.05, 0.1) is 5.39 Å². The molecule has 1 aliphatic rings. The first-order valence-corrected chi connectivity index (χ1v) is 7.19. The third kappa shape index (κ3) is 2.09. The molecule has 0 spiro atoms. The van der Waals surface area contributed by atoms with Crippen molar-refractivity contribution in [1.82, 2.24) is 15.0 Å². The van der Waals surface area contributed by atoms with Crippen LogP contribution in [0, 0.1) is 5.41 Å². The summed E-state index contributed by atoms with van der Waals surface area (Å²) in [6, 6.07) is 0.505. The maximum Gasteiger partial charge on any atom is 0.143 e. The Balaban J connectivity index is 1.98. The Morgan fingerprint density at radius 1 is 1.42 bits per heavy atom. The minimum absolute atomic E-state index is 0.347. The van der Waals surface area contributed by atoms with Gasteiger partial charge in [-0.25, -0.2) is 9.97 Å². The molecule has 0 saturated heterocycles. The molecule has 102 valence electrons. The normalized spacial score (nSPS) is 21.9. The minimum Gasteiger partial charge on any atom is -0.366 e. The predicted octanol–water partition coefficient (Wildman–Crippen LogP) is 3.51. The Morgan fingerprint density at radius 2 is 2.26 bits per heavy atom. The molecule has 1 aliphatic carbocycles. The fourth-order valence-corrected chi connectivity index (χ4v) is 3.17. The third-order valence-corrected chi connectivity index (χ3v) is 4.50. The second-order valence-electron chi connectivity index (χ2n) is 6.19. The topological polar surface area (TPSA) is 53.6 Å². The summed E-state index contributed by atoms with van der Waals surface area (Å²) >= 11 is 0. The smallest absolute Gasteiger partial charge is 0.143 e. The van der Waals surface area contributed by atoms with Gasteiger partial charge in [-0.15, -0.1) is 0 Å². The number of hydrogen-bond acceptors (Lipinski definition) is 3. The summed E-state index contributed by atoms with van der Waals surface area (Å²) < 4.78 is 0. The number of fused-ring (bicyclic) bond motifs is 1. The van der Waals surface area contributed by atoms with E-state index < -0.39 is 0 Å². The van der Waals surface area contributed by atoms with Crippen LogP contribution in [0.3, 0.4) is 0 Å². The highest BCUT2D eigenvalue weighted by Gasteiger charge is 2.34. The van der Waals surface area contributed by atoms with Crippen LogP contribution < -0.4 is 5.32 Å². The zero-order valence-corrected chi connectivity index (χ0v) is 12.0. The zero-order valence-electron chi connectivity index (χ0n) is 12.0. The van der Waals surface area contributed by atoms with Crippen LogP contribution in [0.2, 0.25) is 0 Å². The molecule has 1 atom stereocenters. The van der Waals surface area contributed by atoms with Crippen molar-refractivity contribution in [2.75, 3.05) is 5.32 Å². The fourth-order valence-electron chi connectivity index (χ4n) is 3.17. The number of aryl methyl sites for hydroxylation is 1. The highest BCUT2D eigenvalue weighted by molar-refractivity contribution is 5.90. The molecule has 4 nitrogen and oxygen atoms in total. The van der Waals surface area contributed by atoms with Gasteiger partial charge < -0.3 is 10.3 Å². The molecule has 0 aliphatic heterocycles. The van der Waals surface area contributed by atoms with Gasteiger partial charge in [0, 0.05) is 12.2 Å². The molecule has 4 heteroatoms. The molecule has 0 amide bonds. The molecule has 1 fully saturated rings. The fraction of sp³-hybridized carbons (Fsp3) is 0.600. The van der Waals surface area contributed by atoms with Crippen LogP contribution in [0.25, 0.3) is 11.0 Å². The number of nitrogens with one attached hydrogen (secondary N) is 2. The van der Waals surface area contributed by atoms with Crippen molar-refractivity contribution in [3.63, 3.8) is 0 Å². The maximum absolute atomic E-state index is 4.47. The lowest BCUT2D eigenvalue weighted by molar-refractivity contribution is 0.349. The van der Waals surface area contributed by atoms with Gasteiger partial charge in [0.1, 0.15) is 17.8 Å². The van der Waals surface area contributed by atoms with Crippen LogP contribution in [-0.2, 0) is 6.42 Å². The summed E-state index contributed by atoms with van der Waals surface area (Å²) in [5, 5.41) is 4.82. The molecule has 3 rings (SSSR count). The molecule has 2 aromatic rings. The number of hydrogen-bond donors (Lipinski definition) is 2. The molecular weight excluding hydrogens is 236 g/mol. The van der Waals surface area contributed by atoms with Gasteiger partial charge in [0.25, 0.3) is 0 Å². The average molecular weight is 258 g/mol. The van der Waals surface area contributed by atoms with E-state index in [1.807, 2.05) is 6.20 Å². The number of aromatic amines is 1. The average Bonchev–Trinajstić information content (AvgIpc) is 2.94. The summed E-state index contributed by atoms with van der Waals surface area (Å²) in [5.41, 5.74) is 2.57. The molecule has 2 heterocycles. The van der Waals surface area contributed by atoms with E-state index in [9.17, 15) is 0 Å². The van der Waals surface area contributed by atoms with Gasteiger partial charge in [-0.3, -0.25) is 0 Å². The molecule has 2 N–H and O–H groups in total. The van der Waals surface area contributed by atoms with Crippen LogP contribution in [0.4, 0.5) is 5.82 Å². The van der Waals surface area contributed by atoms with Crippen LogP contribution >= 0.6 is 0 Å². The van der Waals surface area contributed by atoms with Crippen molar-refractivity contribution in [1.29, 1.82) is 0 Å². The van der Waals surface area contributed by atoms with Crippen molar-refractivity contribution in [2.45, 2.75) is 52.5 Å². The summed E-state index contributed by atoms with van der Waals surface area (Å²) in [5.74, 6) is 0.989. The summed E-state index contributed by atoms with van der Waals surface area (Å²) in [6.45, 7) is 6.85. The van der Waals surface area contributed by atoms with Gasteiger partial charge in [-0.05, 0) is 30.2 Å². The lowest BCUT2D eigenvalue weighted by Gasteiger charge is -2.28. The SMILES string of the molecule is CCc1c[nH]c2ncnc(NC3CCCC3(C)C)c12. The Morgan fingerprint density at radius 3 is 2.95 bits per heavy atom. The Labute approximate surface area is 114 Å². The van der Waals surface area contributed by atoms with Gasteiger partial charge in [0.15, 0.2) is 0 Å². The van der Waals surface area contributed by atoms with Crippen LogP contribution in [0.1, 0.15) is 45.6 Å². The third-order valence-electron chi connectivity index (χ3n) is 4.50. The number of aromatic nitrogens is 3. The minimum atomic E-state index is 0.347. The van der Waals surface area contributed by atoms with Crippen molar-refractivity contribution in [2.24, 2.45) is 5.41 Å². The molecule has 19 heavy (non-hydrogen) atoms. The van der Waals surface area contributed by atoms with Crippen molar-refractivity contribution < 1.29 is 0 Å². The van der Waals surface area contributed by atoms with E-state index in [1.165, 1.54) is 24.8 Å². The summed E-state index contributed by atoms with van der Waals surface area (Å²) in [6.07, 6.45) is 8.49. The number of nitrogens with zero attached hydrogens (tertiary/aromatic N) is 2. The van der Waals surface area contributed by atoms with E-state index in [0.29, 0.717) is 11.5 Å². The first-order valence-electron chi connectivity index (χ1n) is 7.19. The summed E-state index contributed by atoms with van der Waals surface area (Å²) in [4.78, 5) is 12.0. The molecule has 1 unspecified atom stereocenters. The second kappa shape index (κ2) is 4.51. The van der Waals surface area contributed by atoms with E-state index in [0.717, 1.165) is 23.3 Å². The van der Waals surface area contributed by atoms with E-state index in [-0.39, 0.29) is 0 Å². The standard InChI is InChI=1S/C15H22N4/c1-4-10-8-16-13-12(10)14(18-9-17-13)19-11-6-5-7-15(11,2)3/h8-9,11H,4-7H2,1-3H3,(H2,16,17,18,19). The first kappa shape index (κ1) is 12.5. The van der Waals surface area contributed by atoms with E-state index >= 15 is 0 Å². The Hall–Kier alpha value is -1.58. The van der Waals surface area contributed by atoms with Gasteiger partial charge >= 0.3 is 0 Å². The summed E-state index contributed by atoms with van der Waals surface area (Å²) in [7, 11) is 0. The molecule has 0 bridgehead atoms. The van der Waals surface area contributed by atoms with Crippen molar-refractivity contribution >= 4 is 16.9 Å². The van der Waals surface area contributed by atoms with E-state index in [4.69, 9.17) is 0 Å². The van der Waals surface area contributed by atoms with Crippen molar-refractivity contribution in [3.05, 3.63) is 18.1 Å².